The van der Waals surface area contributed by atoms with Gasteiger partial charge >= 0.3 is 5.97 Å². The Morgan fingerprint density at radius 2 is 2.11 bits per heavy atom. The van der Waals surface area contributed by atoms with Gasteiger partial charge in [0, 0.05) is 16.6 Å². The standard InChI is InChI=1S/C14H18BrNO2/c1-14(6-2-3-7-14)16-9-11-5-4-10(13(17)18)8-12(11)15/h4-5,8,16H,2-3,6-7,9H2,1H3,(H,17,18). The maximum Gasteiger partial charge on any atom is 0.335 e. The molecule has 1 aromatic rings. The molecule has 0 unspecified atom stereocenters. The first-order chi connectivity index (χ1) is 8.50. The van der Waals surface area contributed by atoms with Crippen molar-refractivity contribution < 1.29 is 9.90 Å². The van der Waals surface area contributed by atoms with E-state index in [0.29, 0.717) is 5.56 Å². The maximum absolute atomic E-state index is 10.8. The lowest BCUT2D eigenvalue weighted by molar-refractivity contribution is 0.0697. The Balaban J connectivity index is 2.03. The molecule has 0 aromatic heterocycles. The van der Waals surface area contributed by atoms with Gasteiger partial charge in [0.15, 0.2) is 0 Å². The number of nitrogens with one attached hydrogen (secondary N) is 1. The number of aromatic carboxylic acids is 1. The Morgan fingerprint density at radius 3 is 2.67 bits per heavy atom. The number of benzene rings is 1. The van der Waals surface area contributed by atoms with Crippen LogP contribution in [0.1, 0.15) is 48.5 Å². The Kier molecular flexibility index (Phi) is 4.07. The normalized spacial score (nSPS) is 17.9. The number of hydrogen-bond donors (Lipinski definition) is 2. The summed E-state index contributed by atoms with van der Waals surface area (Å²) in [4.78, 5) is 10.8. The van der Waals surface area contributed by atoms with E-state index in [-0.39, 0.29) is 5.54 Å². The van der Waals surface area contributed by atoms with Gasteiger partial charge < -0.3 is 10.4 Å². The first-order valence-electron chi connectivity index (χ1n) is 6.27. The van der Waals surface area contributed by atoms with Crippen LogP contribution in [0.5, 0.6) is 0 Å². The Hall–Kier alpha value is -0.870. The van der Waals surface area contributed by atoms with E-state index < -0.39 is 5.97 Å². The largest absolute Gasteiger partial charge is 0.478 e. The highest BCUT2D eigenvalue weighted by molar-refractivity contribution is 9.10. The van der Waals surface area contributed by atoms with Crippen LogP contribution in [0, 0.1) is 0 Å². The van der Waals surface area contributed by atoms with Gasteiger partial charge in [-0.3, -0.25) is 0 Å². The molecule has 1 aromatic carbocycles. The summed E-state index contributed by atoms with van der Waals surface area (Å²) in [5.41, 5.74) is 1.66. The molecular formula is C14H18BrNO2. The summed E-state index contributed by atoms with van der Waals surface area (Å²) in [6.45, 7) is 3.04. The number of carboxylic acid groups (broad SMARTS) is 1. The lowest BCUT2D eigenvalue weighted by Crippen LogP contribution is -2.38. The van der Waals surface area contributed by atoms with Crippen molar-refractivity contribution in [3.05, 3.63) is 33.8 Å². The second-order valence-electron chi connectivity index (χ2n) is 5.23. The van der Waals surface area contributed by atoms with E-state index in [0.717, 1.165) is 16.6 Å². The van der Waals surface area contributed by atoms with Gasteiger partial charge in [0.25, 0.3) is 0 Å². The SMILES string of the molecule is CC1(NCc2ccc(C(=O)O)cc2Br)CCCC1. The molecule has 2 rings (SSSR count). The second kappa shape index (κ2) is 5.41. The smallest absolute Gasteiger partial charge is 0.335 e. The molecule has 0 saturated heterocycles. The third-order valence-electron chi connectivity index (χ3n) is 3.71. The molecule has 18 heavy (non-hydrogen) atoms. The van der Waals surface area contributed by atoms with Crippen molar-refractivity contribution in [2.45, 2.75) is 44.7 Å². The Morgan fingerprint density at radius 1 is 1.44 bits per heavy atom. The molecule has 1 saturated carbocycles. The minimum absolute atomic E-state index is 0.241. The summed E-state index contributed by atoms with van der Waals surface area (Å²) in [7, 11) is 0. The highest BCUT2D eigenvalue weighted by Gasteiger charge is 2.27. The fourth-order valence-electron chi connectivity index (χ4n) is 2.46. The zero-order valence-electron chi connectivity index (χ0n) is 10.5. The number of rotatable bonds is 4. The lowest BCUT2D eigenvalue weighted by Gasteiger charge is -2.25. The molecule has 0 aliphatic heterocycles. The summed E-state index contributed by atoms with van der Waals surface area (Å²) in [6.07, 6.45) is 5.03. The second-order valence-corrected chi connectivity index (χ2v) is 6.09. The summed E-state index contributed by atoms with van der Waals surface area (Å²) in [5.74, 6) is -0.891. The fraction of sp³-hybridized carbons (Fsp3) is 0.500. The predicted octanol–water partition coefficient (Wildman–Crippen LogP) is 3.57. The number of hydrogen-bond acceptors (Lipinski definition) is 2. The summed E-state index contributed by atoms with van der Waals surface area (Å²) >= 11 is 3.44. The lowest BCUT2D eigenvalue weighted by atomic mass is 10.00. The quantitative estimate of drug-likeness (QED) is 0.893. The van der Waals surface area contributed by atoms with Gasteiger partial charge in [0.1, 0.15) is 0 Å². The van der Waals surface area contributed by atoms with Gasteiger partial charge in [-0.05, 0) is 37.5 Å². The van der Waals surface area contributed by atoms with Crippen molar-refractivity contribution in [2.24, 2.45) is 0 Å². The molecule has 0 spiro atoms. The third kappa shape index (κ3) is 3.12. The van der Waals surface area contributed by atoms with Crippen LogP contribution >= 0.6 is 15.9 Å². The molecule has 1 aliphatic rings. The van der Waals surface area contributed by atoms with Crippen LogP contribution in [0.25, 0.3) is 0 Å². The first kappa shape index (κ1) is 13.6. The Bertz CT molecular complexity index is 453. The van der Waals surface area contributed by atoms with Crippen LogP contribution < -0.4 is 5.32 Å². The monoisotopic (exact) mass is 311 g/mol. The number of carboxylic acids is 1. The predicted molar refractivity (Wildman–Crippen MR) is 74.8 cm³/mol. The molecule has 2 N–H and O–H groups in total. The van der Waals surface area contributed by atoms with Crippen molar-refractivity contribution in [1.29, 1.82) is 0 Å². The zero-order chi connectivity index (χ0) is 13.2. The fourth-order valence-corrected chi connectivity index (χ4v) is 2.98. The van der Waals surface area contributed by atoms with E-state index in [1.165, 1.54) is 25.7 Å². The van der Waals surface area contributed by atoms with Crippen molar-refractivity contribution in [2.75, 3.05) is 0 Å². The molecule has 1 aliphatic carbocycles. The molecule has 0 heterocycles. The van der Waals surface area contributed by atoms with Crippen LogP contribution in [-0.4, -0.2) is 16.6 Å². The highest BCUT2D eigenvalue weighted by atomic mass is 79.9. The van der Waals surface area contributed by atoms with Gasteiger partial charge in [-0.1, -0.05) is 34.8 Å². The van der Waals surface area contributed by atoms with Crippen molar-refractivity contribution in [1.82, 2.24) is 5.32 Å². The van der Waals surface area contributed by atoms with Crippen LogP contribution in [0.4, 0.5) is 0 Å². The number of carbonyl (C=O) groups is 1. The highest BCUT2D eigenvalue weighted by Crippen LogP contribution is 2.29. The zero-order valence-corrected chi connectivity index (χ0v) is 12.1. The van der Waals surface area contributed by atoms with Gasteiger partial charge in [-0.15, -0.1) is 0 Å². The molecule has 3 nitrogen and oxygen atoms in total. The van der Waals surface area contributed by atoms with Crippen molar-refractivity contribution in [3.8, 4) is 0 Å². The van der Waals surface area contributed by atoms with Crippen molar-refractivity contribution >= 4 is 21.9 Å². The van der Waals surface area contributed by atoms with Gasteiger partial charge in [0.2, 0.25) is 0 Å². The summed E-state index contributed by atoms with van der Waals surface area (Å²) in [5, 5.41) is 12.5. The summed E-state index contributed by atoms with van der Waals surface area (Å²) in [6, 6.07) is 5.19. The number of halogens is 1. The Labute approximate surface area is 116 Å². The van der Waals surface area contributed by atoms with Gasteiger partial charge in [-0.25, -0.2) is 4.79 Å². The molecular weight excluding hydrogens is 294 g/mol. The van der Waals surface area contributed by atoms with Crippen LogP contribution in [-0.2, 0) is 6.54 Å². The van der Waals surface area contributed by atoms with E-state index in [1.807, 2.05) is 6.07 Å². The van der Waals surface area contributed by atoms with Crippen molar-refractivity contribution in [3.63, 3.8) is 0 Å². The average molecular weight is 312 g/mol. The maximum atomic E-state index is 10.8. The molecule has 1 fully saturated rings. The molecule has 0 bridgehead atoms. The molecule has 98 valence electrons. The third-order valence-corrected chi connectivity index (χ3v) is 4.45. The van der Waals surface area contributed by atoms with E-state index in [2.05, 4.69) is 28.2 Å². The molecule has 0 atom stereocenters. The van der Waals surface area contributed by atoms with E-state index >= 15 is 0 Å². The van der Waals surface area contributed by atoms with Gasteiger partial charge in [0.05, 0.1) is 5.56 Å². The minimum atomic E-state index is -0.891. The van der Waals surface area contributed by atoms with Crippen LogP contribution in [0.2, 0.25) is 0 Å². The average Bonchev–Trinajstić information content (AvgIpc) is 2.75. The molecule has 0 amide bonds. The minimum Gasteiger partial charge on any atom is -0.478 e. The summed E-state index contributed by atoms with van der Waals surface area (Å²) < 4.78 is 0.858. The topological polar surface area (TPSA) is 49.3 Å². The van der Waals surface area contributed by atoms with Crippen LogP contribution in [0.15, 0.2) is 22.7 Å². The first-order valence-corrected chi connectivity index (χ1v) is 7.06. The van der Waals surface area contributed by atoms with E-state index in [4.69, 9.17) is 5.11 Å². The van der Waals surface area contributed by atoms with E-state index in [1.54, 1.807) is 12.1 Å². The van der Waals surface area contributed by atoms with E-state index in [9.17, 15) is 4.79 Å². The molecule has 4 heteroatoms. The van der Waals surface area contributed by atoms with Gasteiger partial charge in [-0.2, -0.15) is 0 Å². The molecule has 0 radical (unpaired) electrons. The van der Waals surface area contributed by atoms with Crippen LogP contribution in [0.3, 0.4) is 0 Å².